The van der Waals surface area contributed by atoms with Crippen molar-refractivity contribution in [3.63, 3.8) is 0 Å². The van der Waals surface area contributed by atoms with Gasteiger partial charge in [-0.1, -0.05) is 12.1 Å². The molecule has 1 unspecified atom stereocenters. The van der Waals surface area contributed by atoms with E-state index in [4.69, 9.17) is 4.74 Å². The molecule has 1 atom stereocenters. The smallest absolute Gasteiger partial charge is 0.221 e. The summed E-state index contributed by atoms with van der Waals surface area (Å²) in [6.45, 7) is 2.37. The second kappa shape index (κ2) is 5.12. The molecular formula is C13H17NO2. The van der Waals surface area contributed by atoms with E-state index in [0.29, 0.717) is 0 Å². The summed E-state index contributed by atoms with van der Waals surface area (Å²) < 4.78 is 5.70. The normalized spacial score (nSPS) is 20.4. The molecule has 1 N–H and O–H groups in total. The van der Waals surface area contributed by atoms with E-state index in [1.165, 1.54) is 25.3 Å². The lowest BCUT2D eigenvalue weighted by atomic mass is 10.0. The number of hydrogen-bond acceptors (Lipinski definition) is 2. The van der Waals surface area contributed by atoms with E-state index >= 15 is 0 Å². The molecule has 1 aliphatic rings. The number of benzene rings is 1. The molecule has 1 fully saturated rings. The lowest BCUT2D eigenvalue weighted by molar-refractivity contribution is -0.114. The van der Waals surface area contributed by atoms with Crippen molar-refractivity contribution >= 4 is 11.6 Å². The number of anilines is 1. The highest BCUT2D eigenvalue weighted by Crippen LogP contribution is 2.28. The zero-order valence-corrected chi connectivity index (χ0v) is 9.53. The van der Waals surface area contributed by atoms with Gasteiger partial charge in [0.05, 0.1) is 6.10 Å². The maximum atomic E-state index is 10.9. The molecule has 1 heterocycles. The maximum Gasteiger partial charge on any atom is 0.221 e. The Morgan fingerprint density at radius 3 is 2.62 bits per heavy atom. The molecule has 1 aromatic rings. The van der Waals surface area contributed by atoms with Crippen LogP contribution in [-0.2, 0) is 9.53 Å². The van der Waals surface area contributed by atoms with Gasteiger partial charge in [0.2, 0.25) is 5.91 Å². The molecule has 86 valence electrons. The second-order valence-corrected chi connectivity index (χ2v) is 4.16. The standard InChI is InChI=1S/C13H17NO2/c1-10(15)14-12-7-5-11(6-8-12)13-4-2-3-9-16-13/h5-8,13H,2-4,9H2,1H3,(H,14,15). The molecule has 2 rings (SSSR count). The summed E-state index contributed by atoms with van der Waals surface area (Å²) >= 11 is 0. The van der Waals surface area contributed by atoms with Crippen LogP contribution in [0.2, 0.25) is 0 Å². The third-order valence-corrected chi connectivity index (χ3v) is 2.78. The summed E-state index contributed by atoms with van der Waals surface area (Å²) in [5.41, 5.74) is 2.04. The predicted molar refractivity (Wildman–Crippen MR) is 63.3 cm³/mol. The molecular weight excluding hydrogens is 202 g/mol. The highest BCUT2D eigenvalue weighted by atomic mass is 16.5. The molecule has 0 aromatic heterocycles. The average molecular weight is 219 g/mol. The fourth-order valence-electron chi connectivity index (χ4n) is 1.99. The molecule has 0 aliphatic carbocycles. The van der Waals surface area contributed by atoms with Crippen LogP contribution in [0, 0.1) is 0 Å². The van der Waals surface area contributed by atoms with E-state index in [2.05, 4.69) is 5.32 Å². The van der Waals surface area contributed by atoms with E-state index in [0.717, 1.165) is 18.7 Å². The van der Waals surface area contributed by atoms with Crippen molar-refractivity contribution in [2.24, 2.45) is 0 Å². The molecule has 16 heavy (non-hydrogen) atoms. The van der Waals surface area contributed by atoms with Gasteiger partial charge in [0, 0.05) is 19.2 Å². The van der Waals surface area contributed by atoms with Crippen molar-refractivity contribution in [1.82, 2.24) is 0 Å². The van der Waals surface area contributed by atoms with Crippen molar-refractivity contribution in [2.75, 3.05) is 11.9 Å². The van der Waals surface area contributed by atoms with Crippen LogP contribution in [0.25, 0.3) is 0 Å². The Bertz CT molecular complexity index is 353. The van der Waals surface area contributed by atoms with Crippen molar-refractivity contribution in [3.8, 4) is 0 Å². The zero-order chi connectivity index (χ0) is 11.4. The summed E-state index contributed by atoms with van der Waals surface area (Å²) in [5.74, 6) is -0.0401. The van der Waals surface area contributed by atoms with Crippen LogP contribution in [0.1, 0.15) is 37.9 Å². The predicted octanol–water partition coefficient (Wildman–Crippen LogP) is 2.89. The largest absolute Gasteiger partial charge is 0.374 e. The van der Waals surface area contributed by atoms with Crippen molar-refractivity contribution in [1.29, 1.82) is 0 Å². The van der Waals surface area contributed by atoms with Gasteiger partial charge in [-0.05, 0) is 37.0 Å². The number of ether oxygens (including phenoxy) is 1. The fraction of sp³-hybridized carbons (Fsp3) is 0.462. The van der Waals surface area contributed by atoms with E-state index in [1.807, 2.05) is 24.3 Å². The first-order valence-electron chi connectivity index (χ1n) is 5.75. The minimum Gasteiger partial charge on any atom is -0.374 e. The Morgan fingerprint density at radius 2 is 2.06 bits per heavy atom. The Morgan fingerprint density at radius 1 is 1.31 bits per heavy atom. The molecule has 1 aromatic carbocycles. The van der Waals surface area contributed by atoms with Gasteiger partial charge >= 0.3 is 0 Å². The molecule has 0 radical (unpaired) electrons. The van der Waals surface area contributed by atoms with Gasteiger partial charge in [-0.2, -0.15) is 0 Å². The Kier molecular flexibility index (Phi) is 3.57. The fourth-order valence-corrected chi connectivity index (χ4v) is 1.99. The van der Waals surface area contributed by atoms with Gasteiger partial charge < -0.3 is 10.1 Å². The highest BCUT2D eigenvalue weighted by molar-refractivity contribution is 5.88. The molecule has 3 heteroatoms. The van der Waals surface area contributed by atoms with Crippen molar-refractivity contribution in [3.05, 3.63) is 29.8 Å². The summed E-state index contributed by atoms with van der Waals surface area (Å²) in [6.07, 6.45) is 3.73. The summed E-state index contributed by atoms with van der Waals surface area (Å²) in [4.78, 5) is 10.9. The average Bonchev–Trinajstić information content (AvgIpc) is 2.30. The van der Waals surface area contributed by atoms with Crippen LogP contribution in [0.5, 0.6) is 0 Å². The minimum absolute atomic E-state index is 0.0401. The third-order valence-electron chi connectivity index (χ3n) is 2.78. The van der Waals surface area contributed by atoms with Crippen LogP contribution in [-0.4, -0.2) is 12.5 Å². The Labute approximate surface area is 95.8 Å². The van der Waals surface area contributed by atoms with E-state index in [9.17, 15) is 4.79 Å². The van der Waals surface area contributed by atoms with Gasteiger partial charge in [-0.15, -0.1) is 0 Å². The second-order valence-electron chi connectivity index (χ2n) is 4.16. The molecule has 0 bridgehead atoms. The van der Waals surface area contributed by atoms with Gasteiger partial charge in [0.15, 0.2) is 0 Å². The van der Waals surface area contributed by atoms with Gasteiger partial charge in [-0.25, -0.2) is 0 Å². The maximum absolute atomic E-state index is 10.9. The first-order chi connectivity index (χ1) is 7.75. The van der Waals surface area contributed by atoms with Crippen molar-refractivity contribution < 1.29 is 9.53 Å². The monoisotopic (exact) mass is 219 g/mol. The summed E-state index contributed by atoms with van der Waals surface area (Å²) in [5, 5.41) is 2.76. The van der Waals surface area contributed by atoms with Crippen LogP contribution in [0.4, 0.5) is 5.69 Å². The van der Waals surface area contributed by atoms with Crippen LogP contribution in [0.15, 0.2) is 24.3 Å². The number of carbonyl (C=O) groups excluding carboxylic acids is 1. The number of nitrogens with one attached hydrogen (secondary N) is 1. The topological polar surface area (TPSA) is 38.3 Å². The van der Waals surface area contributed by atoms with E-state index in [1.54, 1.807) is 0 Å². The Balaban J connectivity index is 2.03. The summed E-state index contributed by atoms with van der Waals surface area (Å²) in [6, 6.07) is 7.91. The van der Waals surface area contributed by atoms with Gasteiger partial charge in [0.25, 0.3) is 0 Å². The molecule has 0 saturated carbocycles. The molecule has 0 spiro atoms. The number of hydrogen-bond donors (Lipinski definition) is 1. The quantitative estimate of drug-likeness (QED) is 0.830. The van der Waals surface area contributed by atoms with E-state index in [-0.39, 0.29) is 12.0 Å². The van der Waals surface area contributed by atoms with E-state index < -0.39 is 0 Å². The van der Waals surface area contributed by atoms with Crippen LogP contribution in [0.3, 0.4) is 0 Å². The minimum atomic E-state index is -0.0401. The number of carbonyl (C=O) groups is 1. The van der Waals surface area contributed by atoms with Crippen LogP contribution >= 0.6 is 0 Å². The molecule has 1 amide bonds. The molecule has 1 saturated heterocycles. The van der Waals surface area contributed by atoms with Crippen molar-refractivity contribution in [2.45, 2.75) is 32.3 Å². The SMILES string of the molecule is CC(=O)Nc1ccc(C2CCCCO2)cc1. The van der Waals surface area contributed by atoms with Gasteiger partial charge in [-0.3, -0.25) is 4.79 Å². The van der Waals surface area contributed by atoms with Gasteiger partial charge in [0.1, 0.15) is 0 Å². The zero-order valence-electron chi connectivity index (χ0n) is 9.53. The number of rotatable bonds is 2. The highest BCUT2D eigenvalue weighted by Gasteiger charge is 2.15. The lowest BCUT2D eigenvalue weighted by Gasteiger charge is -2.23. The first-order valence-corrected chi connectivity index (χ1v) is 5.75. The van der Waals surface area contributed by atoms with Crippen LogP contribution < -0.4 is 5.32 Å². The molecule has 3 nitrogen and oxygen atoms in total. The lowest BCUT2D eigenvalue weighted by Crippen LogP contribution is -2.11. The molecule has 1 aliphatic heterocycles. The summed E-state index contributed by atoms with van der Waals surface area (Å²) in [7, 11) is 0. The first kappa shape index (κ1) is 11.1. The Hall–Kier alpha value is -1.35. The third kappa shape index (κ3) is 2.83. The number of amides is 1.